The Hall–Kier alpha value is -3.75. The van der Waals surface area contributed by atoms with Gasteiger partial charge in [-0.05, 0) is 36.6 Å². The first-order chi connectivity index (χ1) is 17.6. The summed E-state index contributed by atoms with van der Waals surface area (Å²) in [6.07, 6.45) is -2.10. The Balaban J connectivity index is 0.000000301. The fraction of sp³-hybridized carbons (Fsp3) is 0.435. The van der Waals surface area contributed by atoms with E-state index in [4.69, 9.17) is 19.8 Å². The lowest BCUT2D eigenvalue weighted by Gasteiger charge is -2.42. The first-order valence-electron chi connectivity index (χ1n) is 11.1. The van der Waals surface area contributed by atoms with E-state index in [0.29, 0.717) is 6.42 Å². The molecule has 2 saturated heterocycles. The maximum absolute atomic E-state index is 12.1. The SMILES string of the molecule is O=C(O)C(F)(F)F.O=C(O)C(F)(F)F.O=C1CC(c2cccnc2)C2(CCN(Cc3ccccn3)CC2)N1. The fourth-order valence-corrected chi connectivity index (χ4v) is 4.12. The number of carbonyl (C=O) groups is 3. The summed E-state index contributed by atoms with van der Waals surface area (Å²) in [6, 6.07) is 10.1. The number of likely N-dealkylation sites (tertiary alicyclic amines) is 1. The van der Waals surface area contributed by atoms with Crippen LogP contribution in [-0.2, 0) is 20.9 Å². The molecule has 208 valence electrons. The first kappa shape index (κ1) is 30.5. The molecule has 2 aromatic heterocycles. The summed E-state index contributed by atoms with van der Waals surface area (Å²) in [5.41, 5.74) is 2.17. The summed E-state index contributed by atoms with van der Waals surface area (Å²) in [5.74, 6) is -5.11. The Kier molecular flexibility index (Phi) is 10.2. The fourth-order valence-electron chi connectivity index (χ4n) is 4.12. The molecule has 4 rings (SSSR count). The lowest BCUT2D eigenvalue weighted by Crippen LogP contribution is -2.53. The monoisotopic (exact) mass is 550 g/mol. The Morgan fingerprint density at radius 2 is 1.55 bits per heavy atom. The van der Waals surface area contributed by atoms with Gasteiger partial charge in [-0.1, -0.05) is 12.1 Å². The zero-order chi connectivity index (χ0) is 28.6. The smallest absolute Gasteiger partial charge is 0.475 e. The number of carboxylic acid groups (broad SMARTS) is 2. The minimum atomic E-state index is -5.08. The molecule has 1 spiro atoms. The normalized spacial score (nSPS) is 18.9. The number of alkyl halides is 6. The molecule has 38 heavy (non-hydrogen) atoms. The highest BCUT2D eigenvalue weighted by atomic mass is 19.4. The van der Waals surface area contributed by atoms with Gasteiger partial charge in [0.1, 0.15) is 0 Å². The van der Waals surface area contributed by atoms with Gasteiger partial charge in [0.05, 0.1) is 5.69 Å². The summed E-state index contributed by atoms with van der Waals surface area (Å²) in [4.78, 5) is 41.0. The van der Waals surface area contributed by atoms with Gasteiger partial charge < -0.3 is 15.5 Å². The molecular weight excluding hydrogens is 526 g/mol. The van der Waals surface area contributed by atoms with Crippen molar-refractivity contribution in [1.82, 2.24) is 20.2 Å². The van der Waals surface area contributed by atoms with Crippen LogP contribution in [0.3, 0.4) is 0 Å². The van der Waals surface area contributed by atoms with E-state index in [9.17, 15) is 31.1 Å². The number of nitrogens with zero attached hydrogens (tertiary/aromatic N) is 3. The van der Waals surface area contributed by atoms with Gasteiger partial charge in [0, 0.05) is 56.1 Å². The van der Waals surface area contributed by atoms with Crippen LogP contribution < -0.4 is 5.32 Å². The average molecular weight is 550 g/mol. The van der Waals surface area contributed by atoms with Crippen LogP contribution >= 0.6 is 0 Å². The van der Waals surface area contributed by atoms with Gasteiger partial charge in [0.2, 0.25) is 5.91 Å². The number of aliphatic carboxylic acids is 2. The van der Waals surface area contributed by atoms with Gasteiger partial charge in [-0.3, -0.25) is 19.7 Å². The van der Waals surface area contributed by atoms with E-state index in [2.05, 4.69) is 32.3 Å². The largest absolute Gasteiger partial charge is 0.490 e. The lowest BCUT2D eigenvalue weighted by atomic mass is 9.75. The van der Waals surface area contributed by atoms with Gasteiger partial charge in [-0.15, -0.1) is 0 Å². The molecule has 1 atom stereocenters. The van der Waals surface area contributed by atoms with Crippen LogP contribution in [0.5, 0.6) is 0 Å². The number of nitrogens with one attached hydrogen (secondary N) is 1. The summed E-state index contributed by atoms with van der Waals surface area (Å²) >= 11 is 0. The number of amides is 1. The predicted molar refractivity (Wildman–Crippen MR) is 119 cm³/mol. The zero-order valence-corrected chi connectivity index (χ0v) is 19.7. The molecule has 0 saturated carbocycles. The van der Waals surface area contributed by atoms with E-state index in [1.54, 1.807) is 6.20 Å². The van der Waals surface area contributed by atoms with E-state index in [1.165, 1.54) is 5.56 Å². The van der Waals surface area contributed by atoms with Crippen molar-refractivity contribution in [2.75, 3.05) is 13.1 Å². The Morgan fingerprint density at radius 3 is 2.00 bits per heavy atom. The predicted octanol–water partition coefficient (Wildman–Crippen LogP) is 3.38. The summed E-state index contributed by atoms with van der Waals surface area (Å²) in [6.45, 7) is 2.84. The van der Waals surface area contributed by atoms with Crippen LogP contribution in [0.2, 0.25) is 0 Å². The number of halogens is 6. The molecule has 15 heteroatoms. The minimum absolute atomic E-state index is 0.110. The molecule has 2 aromatic rings. The van der Waals surface area contributed by atoms with Crippen molar-refractivity contribution in [3.8, 4) is 0 Å². The van der Waals surface area contributed by atoms with Gasteiger partial charge in [-0.25, -0.2) is 9.59 Å². The van der Waals surface area contributed by atoms with Crippen molar-refractivity contribution < 1.29 is 50.9 Å². The first-order valence-corrected chi connectivity index (χ1v) is 11.1. The molecule has 0 aliphatic carbocycles. The van der Waals surface area contributed by atoms with Gasteiger partial charge in [0.15, 0.2) is 0 Å². The molecule has 2 aliphatic heterocycles. The van der Waals surface area contributed by atoms with Crippen molar-refractivity contribution in [2.45, 2.75) is 49.6 Å². The van der Waals surface area contributed by atoms with Crippen molar-refractivity contribution in [1.29, 1.82) is 0 Å². The number of aromatic nitrogens is 2. The Morgan fingerprint density at radius 1 is 0.974 bits per heavy atom. The number of carbonyl (C=O) groups excluding carboxylic acids is 1. The molecule has 3 N–H and O–H groups in total. The standard InChI is InChI=1S/C19H22N4O.2C2HF3O2/c24-18-12-17(15-4-3-8-20-13-15)19(22-18)6-10-23(11-7-19)14-16-5-1-2-9-21-16;2*3-2(4,5)1(6)7/h1-5,8-9,13,17H,6-7,10-12,14H2,(H,22,24);2*(H,6,7). The lowest BCUT2D eigenvalue weighted by molar-refractivity contribution is -0.193. The summed E-state index contributed by atoms with van der Waals surface area (Å²) in [7, 11) is 0. The summed E-state index contributed by atoms with van der Waals surface area (Å²) in [5, 5.41) is 17.5. The summed E-state index contributed by atoms with van der Waals surface area (Å²) < 4.78 is 63.5. The highest BCUT2D eigenvalue weighted by Crippen LogP contribution is 2.43. The zero-order valence-electron chi connectivity index (χ0n) is 19.7. The van der Waals surface area contributed by atoms with Crippen molar-refractivity contribution in [2.24, 2.45) is 0 Å². The molecule has 2 aliphatic rings. The van der Waals surface area contributed by atoms with Crippen LogP contribution in [0.1, 0.15) is 36.4 Å². The number of piperidine rings is 1. The number of hydrogen-bond acceptors (Lipinski definition) is 6. The van der Waals surface area contributed by atoms with Crippen molar-refractivity contribution in [3.63, 3.8) is 0 Å². The topological polar surface area (TPSA) is 133 Å². The van der Waals surface area contributed by atoms with Crippen LogP contribution in [0, 0.1) is 0 Å². The second kappa shape index (κ2) is 12.7. The number of hydrogen-bond donors (Lipinski definition) is 3. The van der Waals surface area contributed by atoms with Crippen LogP contribution in [0.4, 0.5) is 26.3 Å². The van der Waals surface area contributed by atoms with E-state index in [0.717, 1.165) is 38.2 Å². The van der Waals surface area contributed by atoms with Crippen LogP contribution in [0.15, 0.2) is 48.9 Å². The van der Waals surface area contributed by atoms with E-state index < -0.39 is 24.3 Å². The molecule has 1 amide bonds. The van der Waals surface area contributed by atoms with Gasteiger partial charge >= 0.3 is 24.3 Å². The van der Waals surface area contributed by atoms with E-state index in [1.807, 2.05) is 30.6 Å². The highest BCUT2D eigenvalue weighted by Gasteiger charge is 2.48. The Bertz CT molecular complexity index is 1050. The molecule has 0 aromatic carbocycles. The molecule has 9 nitrogen and oxygen atoms in total. The molecule has 4 heterocycles. The Labute approximate surface area is 212 Å². The maximum atomic E-state index is 12.1. The molecule has 1 unspecified atom stereocenters. The highest BCUT2D eigenvalue weighted by molar-refractivity contribution is 5.81. The van der Waals surface area contributed by atoms with Crippen molar-refractivity contribution >= 4 is 17.8 Å². The number of pyridine rings is 2. The van der Waals surface area contributed by atoms with E-state index >= 15 is 0 Å². The second-order valence-corrected chi connectivity index (χ2v) is 8.45. The maximum Gasteiger partial charge on any atom is 0.490 e. The van der Waals surface area contributed by atoms with Crippen LogP contribution in [0.25, 0.3) is 0 Å². The third-order valence-corrected chi connectivity index (χ3v) is 5.88. The van der Waals surface area contributed by atoms with Gasteiger partial charge in [-0.2, -0.15) is 26.3 Å². The molecule has 0 radical (unpaired) electrons. The molecule has 2 fully saturated rings. The quantitative estimate of drug-likeness (QED) is 0.496. The number of rotatable bonds is 3. The van der Waals surface area contributed by atoms with Gasteiger partial charge in [0.25, 0.3) is 0 Å². The minimum Gasteiger partial charge on any atom is -0.475 e. The second-order valence-electron chi connectivity index (χ2n) is 8.45. The third-order valence-electron chi connectivity index (χ3n) is 5.88. The average Bonchev–Trinajstić information content (AvgIpc) is 3.17. The third kappa shape index (κ3) is 8.97. The van der Waals surface area contributed by atoms with Crippen molar-refractivity contribution in [3.05, 3.63) is 60.2 Å². The van der Waals surface area contributed by atoms with Crippen LogP contribution in [-0.4, -0.2) is 73.9 Å². The molecular formula is C23H24F6N4O5. The molecule has 0 bridgehead atoms. The number of carboxylic acids is 2. The van der Waals surface area contributed by atoms with E-state index in [-0.39, 0.29) is 17.4 Å².